The van der Waals surface area contributed by atoms with Crippen molar-refractivity contribution in [2.45, 2.75) is 12.6 Å². The molecule has 0 aliphatic carbocycles. The van der Waals surface area contributed by atoms with E-state index in [1.807, 2.05) is 59.3 Å². The molecule has 10 heteroatoms. The number of carbonyl (C=O) groups is 1. The Morgan fingerprint density at radius 1 is 1.03 bits per heavy atom. The van der Waals surface area contributed by atoms with E-state index in [1.165, 1.54) is 6.33 Å². The summed E-state index contributed by atoms with van der Waals surface area (Å²) in [7, 11) is 0. The molecular formula is C25H22N8O2. The standard InChI is InChI=1S/C25H22N8O2/c26-24-22-23(17-6-8-20(9-7-17)35-19-4-2-1-3-5-19)30-33(25(22)29-15-28-24)18-12-32(13-18)21(34)14-31-11-10-27-16-31/h1-11,15-16,18H,12-14H2,(H2,26,28,29). The fourth-order valence-electron chi connectivity index (χ4n) is 4.21. The van der Waals surface area contributed by atoms with Crippen LogP contribution in [0.1, 0.15) is 6.04 Å². The number of imidazole rings is 1. The quantitative estimate of drug-likeness (QED) is 0.408. The smallest absolute Gasteiger partial charge is 0.242 e. The van der Waals surface area contributed by atoms with E-state index in [1.54, 1.807) is 28.2 Å². The molecule has 0 bridgehead atoms. The first-order valence-electron chi connectivity index (χ1n) is 11.2. The molecule has 1 fully saturated rings. The minimum atomic E-state index is 0.00738. The number of para-hydroxylation sites is 1. The third-order valence-electron chi connectivity index (χ3n) is 6.06. The first kappa shape index (κ1) is 20.8. The first-order valence-corrected chi connectivity index (χ1v) is 11.2. The van der Waals surface area contributed by atoms with Gasteiger partial charge in [-0.1, -0.05) is 18.2 Å². The summed E-state index contributed by atoms with van der Waals surface area (Å²) in [6.07, 6.45) is 6.52. The van der Waals surface area contributed by atoms with Gasteiger partial charge in [-0.25, -0.2) is 19.6 Å². The van der Waals surface area contributed by atoms with Gasteiger partial charge in [-0.2, -0.15) is 5.10 Å². The summed E-state index contributed by atoms with van der Waals surface area (Å²) in [5.74, 6) is 1.90. The predicted octanol–water partition coefficient (Wildman–Crippen LogP) is 3.15. The molecule has 3 aromatic heterocycles. The molecule has 2 aromatic carbocycles. The minimum absolute atomic E-state index is 0.00738. The van der Waals surface area contributed by atoms with Crippen molar-refractivity contribution in [1.82, 2.24) is 34.2 Å². The number of benzene rings is 2. The molecule has 0 saturated carbocycles. The van der Waals surface area contributed by atoms with E-state index < -0.39 is 0 Å². The molecule has 0 unspecified atom stereocenters. The number of likely N-dealkylation sites (tertiary alicyclic amines) is 1. The molecule has 10 nitrogen and oxygen atoms in total. The van der Waals surface area contributed by atoms with Crippen molar-refractivity contribution in [1.29, 1.82) is 0 Å². The summed E-state index contributed by atoms with van der Waals surface area (Å²) in [5.41, 5.74) is 8.48. The van der Waals surface area contributed by atoms with Crippen LogP contribution >= 0.6 is 0 Å². The number of hydrogen-bond acceptors (Lipinski definition) is 7. The van der Waals surface area contributed by atoms with Gasteiger partial charge in [0.05, 0.1) is 17.8 Å². The predicted molar refractivity (Wildman–Crippen MR) is 130 cm³/mol. The summed E-state index contributed by atoms with van der Waals surface area (Å²) in [4.78, 5) is 27.0. The Morgan fingerprint density at radius 3 is 2.54 bits per heavy atom. The Hall–Kier alpha value is -4.73. The fourth-order valence-corrected chi connectivity index (χ4v) is 4.21. The molecule has 1 saturated heterocycles. The average Bonchev–Trinajstić information content (AvgIpc) is 3.48. The third kappa shape index (κ3) is 3.95. The maximum absolute atomic E-state index is 12.6. The van der Waals surface area contributed by atoms with Crippen molar-refractivity contribution in [3.8, 4) is 22.8 Å². The van der Waals surface area contributed by atoms with Gasteiger partial charge in [0, 0.05) is 31.0 Å². The molecule has 2 N–H and O–H groups in total. The number of ether oxygens (including phenoxy) is 1. The molecule has 174 valence electrons. The molecule has 1 aliphatic heterocycles. The van der Waals surface area contributed by atoms with Crippen molar-refractivity contribution in [3.63, 3.8) is 0 Å². The van der Waals surface area contributed by atoms with Crippen LogP contribution in [0.15, 0.2) is 79.6 Å². The highest BCUT2D eigenvalue weighted by atomic mass is 16.5. The molecule has 35 heavy (non-hydrogen) atoms. The van der Waals surface area contributed by atoms with Crippen LogP contribution in [-0.2, 0) is 11.3 Å². The Morgan fingerprint density at radius 2 is 1.80 bits per heavy atom. The highest BCUT2D eigenvalue weighted by Crippen LogP contribution is 2.35. The summed E-state index contributed by atoms with van der Waals surface area (Å²) in [6.45, 7) is 1.37. The third-order valence-corrected chi connectivity index (χ3v) is 6.06. The summed E-state index contributed by atoms with van der Waals surface area (Å²) in [6, 6.07) is 17.3. The molecule has 0 spiro atoms. The second-order valence-electron chi connectivity index (χ2n) is 8.38. The maximum atomic E-state index is 12.6. The highest BCUT2D eigenvalue weighted by molar-refractivity contribution is 5.98. The van der Waals surface area contributed by atoms with Crippen LogP contribution in [0.5, 0.6) is 11.5 Å². The van der Waals surface area contributed by atoms with Crippen molar-refractivity contribution in [3.05, 3.63) is 79.6 Å². The molecule has 0 radical (unpaired) electrons. The Bertz CT molecular complexity index is 1470. The van der Waals surface area contributed by atoms with E-state index in [0.29, 0.717) is 35.6 Å². The van der Waals surface area contributed by atoms with Crippen LogP contribution in [-0.4, -0.2) is 53.2 Å². The Balaban J connectivity index is 1.25. The highest BCUT2D eigenvalue weighted by Gasteiger charge is 2.34. The number of nitrogen functional groups attached to an aromatic ring is 1. The number of anilines is 1. The summed E-state index contributed by atoms with van der Waals surface area (Å²) >= 11 is 0. The molecule has 0 atom stereocenters. The van der Waals surface area contributed by atoms with Crippen LogP contribution in [0.25, 0.3) is 22.3 Å². The van der Waals surface area contributed by atoms with E-state index in [-0.39, 0.29) is 18.5 Å². The minimum Gasteiger partial charge on any atom is -0.457 e. The number of carbonyl (C=O) groups excluding carboxylic acids is 1. The maximum Gasteiger partial charge on any atom is 0.242 e. The lowest BCUT2D eigenvalue weighted by molar-refractivity contribution is -0.137. The van der Waals surface area contributed by atoms with Crippen LogP contribution in [0.4, 0.5) is 5.82 Å². The number of nitrogens with two attached hydrogens (primary N) is 1. The van der Waals surface area contributed by atoms with Gasteiger partial charge in [0.15, 0.2) is 5.65 Å². The van der Waals surface area contributed by atoms with Gasteiger partial charge >= 0.3 is 0 Å². The number of fused-ring (bicyclic) bond motifs is 1. The lowest BCUT2D eigenvalue weighted by Gasteiger charge is -2.39. The van der Waals surface area contributed by atoms with E-state index in [4.69, 9.17) is 15.6 Å². The summed E-state index contributed by atoms with van der Waals surface area (Å²) < 4.78 is 9.52. The molecular weight excluding hydrogens is 444 g/mol. The van der Waals surface area contributed by atoms with Crippen molar-refractivity contribution in [2.75, 3.05) is 18.8 Å². The van der Waals surface area contributed by atoms with E-state index in [2.05, 4.69) is 15.0 Å². The van der Waals surface area contributed by atoms with Crippen molar-refractivity contribution >= 4 is 22.8 Å². The second kappa shape index (κ2) is 8.56. The summed E-state index contributed by atoms with van der Waals surface area (Å²) in [5, 5.41) is 5.57. The van der Waals surface area contributed by atoms with Crippen LogP contribution in [0.2, 0.25) is 0 Å². The van der Waals surface area contributed by atoms with Gasteiger partial charge in [-0.15, -0.1) is 0 Å². The molecule has 4 heterocycles. The van der Waals surface area contributed by atoms with Crippen LogP contribution in [0.3, 0.4) is 0 Å². The SMILES string of the molecule is Nc1ncnc2c1c(-c1ccc(Oc3ccccc3)cc1)nn2C1CN(C(=O)Cn2ccnc2)C1. The average molecular weight is 467 g/mol. The van der Waals surface area contributed by atoms with Gasteiger partial charge in [0.1, 0.15) is 35.9 Å². The second-order valence-corrected chi connectivity index (χ2v) is 8.38. The van der Waals surface area contributed by atoms with Crippen LogP contribution in [0, 0.1) is 0 Å². The van der Waals surface area contributed by atoms with Gasteiger partial charge in [-0.05, 0) is 36.4 Å². The van der Waals surface area contributed by atoms with Gasteiger partial charge in [0.25, 0.3) is 0 Å². The lowest BCUT2D eigenvalue weighted by Crippen LogP contribution is -2.52. The zero-order valence-corrected chi connectivity index (χ0v) is 18.7. The van der Waals surface area contributed by atoms with Gasteiger partial charge < -0.3 is 19.9 Å². The largest absolute Gasteiger partial charge is 0.457 e. The van der Waals surface area contributed by atoms with E-state index >= 15 is 0 Å². The topological polar surface area (TPSA) is 117 Å². The zero-order valence-electron chi connectivity index (χ0n) is 18.7. The lowest BCUT2D eigenvalue weighted by atomic mass is 10.1. The van der Waals surface area contributed by atoms with Gasteiger partial charge in [-0.3, -0.25) is 4.79 Å². The fraction of sp³-hybridized carbons (Fsp3) is 0.160. The Kier molecular flexibility index (Phi) is 5.10. The molecule has 6 rings (SSSR count). The number of nitrogens with zero attached hydrogens (tertiary/aromatic N) is 7. The first-order chi connectivity index (χ1) is 17.2. The molecule has 1 aliphatic rings. The normalized spacial score (nSPS) is 13.7. The number of aromatic nitrogens is 6. The molecule has 5 aromatic rings. The number of amides is 1. The Labute approximate surface area is 200 Å². The number of hydrogen-bond donors (Lipinski definition) is 1. The van der Waals surface area contributed by atoms with E-state index in [0.717, 1.165) is 17.1 Å². The van der Waals surface area contributed by atoms with Crippen molar-refractivity contribution < 1.29 is 9.53 Å². The number of rotatable bonds is 6. The van der Waals surface area contributed by atoms with Crippen LogP contribution < -0.4 is 10.5 Å². The molecule has 1 amide bonds. The monoisotopic (exact) mass is 466 g/mol. The van der Waals surface area contributed by atoms with E-state index in [9.17, 15) is 4.79 Å². The van der Waals surface area contributed by atoms with Gasteiger partial charge in [0.2, 0.25) is 5.91 Å². The zero-order chi connectivity index (χ0) is 23.8. The van der Waals surface area contributed by atoms with Crippen molar-refractivity contribution in [2.24, 2.45) is 0 Å².